The lowest BCUT2D eigenvalue weighted by Crippen LogP contribution is -2.16. The molecule has 2 N–H and O–H groups in total. The maximum Gasteiger partial charge on any atom is 0.339 e. The molecule has 0 saturated heterocycles. The molecule has 0 heterocycles. The van der Waals surface area contributed by atoms with Gasteiger partial charge in [-0.25, -0.2) is 0 Å². The molecule has 0 fully saturated rings. The zero-order valence-electron chi connectivity index (χ0n) is 12.1. The minimum Gasteiger partial charge on any atom is -0.497 e. The molecule has 116 valence electrons. The Morgan fingerprint density at radius 1 is 1.09 bits per heavy atom. The van der Waals surface area contributed by atoms with Crippen LogP contribution in [0, 0.1) is 6.92 Å². The molecule has 2 aromatic rings. The van der Waals surface area contributed by atoms with E-state index in [1.165, 1.54) is 37.4 Å². The number of rotatable bonds is 5. The van der Waals surface area contributed by atoms with Gasteiger partial charge >= 0.3 is 10.1 Å². The van der Waals surface area contributed by atoms with E-state index in [0.717, 1.165) is 5.56 Å². The fourth-order valence-electron chi connectivity index (χ4n) is 1.77. The number of carbonyl (C=O) groups is 1. The van der Waals surface area contributed by atoms with Crippen molar-refractivity contribution < 1.29 is 22.1 Å². The highest BCUT2D eigenvalue weighted by Gasteiger charge is 2.20. The minimum atomic E-state index is -4.07. The largest absolute Gasteiger partial charge is 0.497 e. The Kier molecular flexibility index (Phi) is 4.37. The summed E-state index contributed by atoms with van der Waals surface area (Å²) in [7, 11) is -2.66. The number of methoxy groups -OCH3 is 1. The molecule has 0 unspecified atom stereocenters. The van der Waals surface area contributed by atoms with E-state index in [2.05, 4.69) is 0 Å². The number of aryl methyl sites for hydroxylation is 1. The van der Waals surface area contributed by atoms with Gasteiger partial charge in [0.1, 0.15) is 10.6 Å². The third-order valence-electron chi connectivity index (χ3n) is 2.96. The zero-order chi connectivity index (χ0) is 16.3. The number of carbonyl (C=O) groups excluding carboxylic acids is 1. The van der Waals surface area contributed by atoms with Crippen molar-refractivity contribution in [3.8, 4) is 11.5 Å². The molecule has 0 aliphatic rings. The third kappa shape index (κ3) is 3.37. The van der Waals surface area contributed by atoms with Crippen molar-refractivity contribution in [1.29, 1.82) is 0 Å². The maximum absolute atomic E-state index is 12.3. The predicted molar refractivity (Wildman–Crippen MR) is 80.5 cm³/mol. The van der Waals surface area contributed by atoms with Crippen LogP contribution in [0.3, 0.4) is 0 Å². The Hall–Kier alpha value is -2.54. The van der Waals surface area contributed by atoms with Crippen LogP contribution >= 0.6 is 0 Å². The Balaban J connectivity index is 2.44. The molecule has 0 bridgehead atoms. The summed E-state index contributed by atoms with van der Waals surface area (Å²) >= 11 is 0. The molecular formula is C15H15NO5S. The van der Waals surface area contributed by atoms with E-state index in [1.807, 2.05) is 6.92 Å². The summed E-state index contributed by atoms with van der Waals surface area (Å²) in [5.41, 5.74) is 6.10. The van der Waals surface area contributed by atoms with Crippen LogP contribution < -0.4 is 14.7 Å². The Labute approximate surface area is 128 Å². The van der Waals surface area contributed by atoms with E-state index >= 15 is 0 Å². The summed E-state index contributed by atoms with van der Waals surface area (Å²) in [6.07, 6.45) is 0. The van der Waals surface area contributed by atoms with Crippen LogP contribution in [0.2, 0.25) is 0 Å². The summed E-state index contributed by atoms with van der Waals surface area (Å²) in [6, 6.07) is 10.3. The Bertz CT molecular complexity index is 797. The Morgan fingerprint density at radius 2 is 1.73 bits per heavy atom. The molecule has 6 nitrogen and oxygen atoms in total. The average Bonchev–Trinajstić information content (AvgIpc) is 2.46. The van der Waals surface area contributed by atoms with Crippen LogP contribution in [0.5, 0.6) is 11.5 Å². The lowest BCUT2D eigenvalue weighted by Gasteiger charge is -2.11. The van der Waals surface area contributed by atoms with Gasteiger partial charge in [-0.2, -0.15) is 8.42 Å². The van der Waals surface area contributed by atoms with Crippen LogP contribution in [0.1, 0.15) is 15.9 Å². The number of benzene rings is 2. The van der Waals surface area contributed by atoms with Gasteiger partial charge in [-0.15, -0.1) is 0 Å². The lowest BCUT2D eigenvalue weighted by atomic mass is 10.2. The molecule has 0 saturated carbocycles. The monoisotopic (exact) mass is 321 g/mol. The van der Waals surface area contributed by atoms with Gasteiger partial charge in [0.25, 0.3) is 5.91 Å². The van der Waals surface area contributed by atoms with Crippen molar-refractivity contribution in [1.82, 2.24) is 0 Å². The third-order valence-corrected chi connectivity index (χ3v) is 4.21. The smallest absolute Gasteiger partial charge is 0.339 e. The van der Waals surface area contributed by atoms with E-state index in [0.29, 0.717) is 5.75 Å². The van der Waals surface area contributed by atoms with E-state index in [4.69, 9.17) is 14.7 Å². The number of ether oxygens (including phenoxy) is 1. The van der Waals surface area contributed by atoms with Gasteiger partial charge in [-0.3, -0.25) is 4.79 Å². The summed E-state index contributed by atoms with van der Waals surface area (Å²) < 4.78 is 34.6. The Morgan fingerprint density at radius 3 is 2.27 bits per heavy atom. The highest BCUT2D eigenvalue weighted by molar-refractivity contribution is 7.87. The minimum absolute atomic E-state index is 0.0173. The number of primary amides is 1. The molecule has 0 spiro atoms. The SMILES string of the molecule is COc1ccc(C(N)=O)c(OS(=O)(=O)c2ccc(C)cc2)c1. The second-order valence-corrected chi connectivity index (χ2v) is 6.12. The van der Waals surface area contributed by atoms with Crippen molar-refractivity contribution in [2.75, 3.05) is 7.11 Å². The van der Waals surface area contributed by atoms with Crippen molar-refractivity contribution in [3.05, 3.63) is 53.6 Å². The first-order valence-electron chi connectivity index (χ1n) is 6.32. The number of nitrogens with two attached hydrogens (primary N) is 1. The number of hydrogen-bond donors (Lipinski definition) is 1. The van der Waals surface area contributed by atoms with Gasteiger partial charge in [-0.1, -0.05) is 17.7 Å². The van der Waals surface area contributed by atoms with Crippen molar-refractivity contribution in [2.45, 2.75) is 11.8 Å². The van der Waals surface area contributed by atoms with Crippen LogP contribution in [0.25, 0.3) is 0 Å². The molecule has 7 heteroatoms. The molecule has 22 heavy (non-hydrogen) atoms. The average molecular weight is 321 g/mol. The molecule has 1 amide bonds. The van der Waals surface area contributed by atoms with Gasteiger partial charge in [0.15, 0.2) is 5.75 Å². The quantitative estimate of drug-likeness (QED) is 0.848. The summed E-state index contributed by atoms with van der Waals surface area (Å²) in [5, 5.41) is 0. The molecule has 0 aliphatic carbocycles. The molecule has 0 atom stereocenters. The van der Waals surface area contributed by atoms with Crippen LogP contribution in [-0.4, -0.2) is 21.4 Å². The van der Waals surface area contributed by atoms with Crippen LogP contribution in [0.15, 0.2) is 47.4 Å². The van der Waals surface area contributed by atoms with E-state index < -0.39 is 16.0 Å². The summed E-state index contributed by atoms with van der Waals surface area (Å²) in [5.74, 6) is -0.622. The first-order valence-corrected chi connectivity index (χ1v) is 7.73. The topological polar surface area (TPSA) is 95.7 Å². The standard InChI is InChI=1S/C15H15NO5S/c1-10-3-6-12(7-4-10)22(18,19)21-14-9-11(20-2)5-8-13(14)15(16)17/h3-9H,1-2H3,(H2,16,17). The van der Waals surface area contributed by atoms with Gasteiger partial charge in [0.2, 0.25) is 0 Å². The summed E-state index contributed by atoms with van der Waals surface area (Å²) in [4.78, 5) is 11.4. The first kappa shape index (κ1) is 15.8. The maximum atomic E-state index is 12.3. The van der Waals surface area contributed by atoms with Crippen molar-refractivity contribution in [3.63, 3.8) is 0 Å². The van der Waals surface area contributed by atoms with E-state index in [-0.39, 0.29) is 16.2 Å². The molecule has 0 aromatic heterocycles. The molecule has 0 radical (unpaired) electrons. The van der Waals surface area contributed by atoms with Crippen LogP contribution in [-0.2, 0) is 10.1 Å². The van der Waals surface area contributed by atoms with E-state index in [9.17, 15) is 13.2 Å². The molecule has 0 aliphatic heterocycles. The van der Waals surface area contributed by atoms with Crippen LogP contribution in [0.4, 0.5) is 0 Å². The van der Waals surface area contributed by atoms with Gasteiger partial charge < -0.3 is 14.7 Å². The molecule has 2 rings (SSSR count). The number of amides is 1. The van der Waals surface area contributed by atoms with E-state index in [1.54, 1.807) is 12.1 Å². The zero-order valence-corrected chi connectivity index (χ0v) is 12.9. The number of hydrogen-bond acceptors (Lipinski definition) is 5. The second kappa shape index (κ2) is 6.07. The summed E-state index contributed by atoms with van der Waals surface area (Å²) in [6.45, 7) is 1.84. The second-order valence-electron chi connectivity index (χ2n) is 4.58. The van der Waals surface area contributed by atoms with Gasteiger partial charge in [0.05, 0.1) is 12.7 Å². The first-order chi connectivity index (χ1) is 10.3. The normalized spacial score (nSPS) is 11.0. The molecule has 2 aromatic carbocycles. The van der Waals surface area contributed by atoms with Gasteiger partial charge in [-0.05, 0) is 31.2 Å². The highest BCUT2D eigenvalue weighted by atomic mass is 32.2. The highest BCUT2D eigenvalue weighted by Crippen LogP contribution is 2.27. The molecular weight excluding hydrogens is 306 g/mol. The van der Waals surface area contributed by atoms with Gasteiger partial charge in [0, 0.05) is 6.07 Å². The fourth-order valence-corrected chi connectivity index (χ4v) is 2.71. The van der Waals surface area contributed by atoms with Crippen molar-refractivity contribution >= 4 is 16.0 Å². The van der Waals surface area contributed by atoms with Crippen molar-refractivity contribution in [2.24, 2.45) is 5.73 Å². The fraction of sp³-hybridized carbons (Fsp3) is 0.133. The lowest BCUT2D eigenvalue weighted by molar-refractivity contribution is 0.0999. The predicted octanol–water partition coefficient (Wildman–Crippen LogP) is 1.87.